The zero-order valence-corrected chi connectivity index (χ0v) is 22.6. The monoisotopic (exact) mass is 517 g/mol. The first-order valence-corrected chi connectivity index (χ1v) is 13.8. The number of amides is 1. The van der Waals surface area contributed by atoms with E-state index in [0.717, 1.165) is 55.3 Å². The highest BCUT2D eigenvalue weighted by Crippen LogP contribution is 2.23. The van der Waals surface area contributed by atoms with Crippen molar-refractivity contribution in [3.8, 4) is 17.1 Å². The van der Waals surface area contributed by atoms with E-state index in [1.165, 1.54) is 31.5 Å². The molecule has 0 saturated carbocycles. The van der Waals surface area contributed by atoms with Gasteiger partial charge in [-0.3, -0.25) is 14.6 Å². The van der Waals surface area contributed by atoms with E-state index in [9.17, 15) is 4.79 Å². The fourth-order valence-electron chi connectivity index (χ4n) is 5.30. The van der Waals surface area contributed by atoms with Crippen LogP contribution in [0.2, 0.25) is 0 Å². The minimum absolute atomic E-state index is 0.0459. The summed E-state index contributed by atoms with van der Waals surface area (Å²) in [6, 6.07) is 16.3. The topological polar surface area (TPSA) is 83.7 Å². The van der Waals surface area contributed by atoms with Gasteiger partial charge in [-0.2, -0.15) is 4.98 Å². The van der Waals surface area contributed by atoms with Crippen LogP contribution in [-0.4, -0.2) is 59.1 Å². The van der Waals surface area contributed by atoms with Crippen LogP contribution >= 0.6 is 0 Å². The first-order chi connectivity index (χ1) is 18.6. The number of likely N-dealkylation sites (tertiary alicyclic amines) is 2. The van der Waals surface area contributed by atoms with Crippen LogP contribution in [0.1, 0.15) is 49.6 Å². The molecule has 2 aromatic carbocycles. The number of nitrogens with one attached hydrogen (secondary N) is 1. The maximum absolute atomic E-state index is 12.8. The molecule has 8 heteroatoms. The van der Waals surface area contributed by atoms with Crippen molar-refractivity contribution >= 4 is 5.91 Å². The molecule has 2 aliphatic heterocycles. The van der Waals surface area contributed by atoms with E-state index in [0.29, 0.717) is 24.8 Å². The molecule has 2 aliphatic rings. The number of piperidine rings is 2. The molecule has 0 unspecified atom stereocenters. The van der Waals surface area contributed by atoms with Crippen molar-refractivity contribution in [1.82, 2.24) is 25.3 Å². The number of nitrogens with zero attached hydrogens (tertiary/aromatic N) is 4. The molecular formula is C30H39N5O3. The first kappa shape index (κ1) is 26.4. The summed E-state index contributed by atoms with van der Waals surface area (Å²) in [5.74, 6) is 3.01. The van der Waals surface area contributed by atoms with E-state index in [-0.39, 0.29) is 11.8 Å². The average molecular weight is 518 g/mol. The predicted molar refractivity (Wildman–Crippen MR) is 146 cm³/mol. The van der Waals surface area contributed by atoms with Crippen molar-refractivity contribution < 1.29 is 14.1 Å². The number of methoxy groups -OCH3 is 1. The largest absolute Gasteiger partial charge is 0.497 e. The van der Waals surface area contributed by atoms with Crippen LogP contribution in [0.25, 0.3) is 11.4 Å². The molecular weight excluding hydrogens is 478 g/mol. The van der Waals surface area contributed by atoms with Crippen molar-refractivity contribution in [1.29, 1.82) is 0 Å². The molecule has 3 heterocycles. The highest BCUT2D eigenvalue weighted by atomic mass is 16.5. The van der Waals surface area contributed by atoms with Crippen LogP contribution in [0.3, 0.4) is 0 Å². The highest BCUT2D eigenvalue weighted by molar-refractivity contribution is 5.78. The fourth-order valence-corrected chi connectivity index (χ4v) is 5.30. The number of carbonyl (C=O) groups excluding carboxylic acids is 1. The molecule has 2 fully saturated rings. The Labute approximate surface area is 225 Å². The minimum Gasteiger partial charge on any atom is -0.497 e. The van der Waals surface area contributed by atoms with Gasteiger partial charge in [-0.05, 0) is 93.2 Å². The maximum atomic E-state index is 12.8. The molecule has 202 valence electrons. The number of hydrogen-bond donors (Lipinski definition) is 1. The molecule has 0 atom stereocenters. The van der Waals surface area contributed by atoms with Gasteiger partial charge in [0.2, 0.25) is 17.6 Å². The van der Waals surface area contributed by atoms with Crippen molar-refractivity contribution in [3.05, 3.63) is 65.5 Å². The van der Waals surface area contributed by atoms with Crippen LogP contribution < -0.4 is 10.1 Å². The lowest BCUT2D eigenvalue weighted by Crippen LogP contribution is -2.40. The van der Waals surface area contributed by atoms with E-state index < -0.39 is 0 Å². The van der Waals surface area contributed by atoms with Crippen molar-refractivity contribution in [2.45, 2.75) is 52.2 Å². The molecule has 0 radical (unpaired) electrons. The Morgan fingerprint density at radius 2 is 1.55 bits per heavy atom. The third kappa shape index (κ3) is 6.99. The van der Waals surface area contributed by atoms with Crippen molar-refractivity contribution in [2.75, 3.05) is 33.3 Å². The number of carbonyl (C=O) groups is 1. The van der Waals surface area contributed by atoms with Crippen LogP contribution in [0.5, 0.6) is 5.75 Å². The van der Waals surface area contributed by atoms with E-state index in [1.54, 1.807) is 7.11 Å². The van der Waals surface area contributed by atoms with Crippen LogP contribution in [0.4, 0.5) is 0 Å². The Morgan fingerprint density at radius 1 is 0.921 bits per heavy atom. The van der Waals surface area contributed by atoms with Gasteiger partial charge < -0.3 is 14.6 Å². The highest BCUT2D eigenvalue weighted by Gasteiger charge is 2.26. The second-order valence-corrected chi connectivity index (χ2v) is 10.8. The summed E-state index contributed by atoms with van der Waals surface area (Å²) >= 11 is 0. The van der Waals surface area contributed by atoms with E-state index >= 15 is 0 Å². The molecule has 0 aliphatic carbocycles. The Bertz CT molecular complexity index is 1160. The summed E-state index contributed by atoms with van der Waals surface area (Å²) in [5, 5.41) is 7.27. The lowest BCUT2D eigenvalue weighted by molar-refractivity contribution is -0.126. The van der Waals surface area contributed by atoms with Gasteiger partial charge in [-0.25, -0.2) is 0 Å². The molecule has 1 aromatic heterocycles. The zero-order chi connectivity index (χ0) is 26.3. The van der Waals surface area contributed by atoms with E-state index in [1.807, 2.05) is 24.3 Å². The van der Waals surface area contributed by atoms with E-state index in [4.69, 9.17) is 9.26 Å². The molecule has 3 aromatic rings. The Kier molecular flexibility index (Phi) is 8.71. The summed E-state index contributed by atoms with van der Waals surface area (Å²) in [7, 11) is 1.64. The van der Waals surface area contributed by atoms with Gasteiger partial charge in [0, 0.05) is 24.6 Å². The Balaban J connectivity index is 1.03. The third-order valence-corrected chi connectivity index (χ3v) is 7.91. The quantitative estimate of drug-likeness (QED) is 0.447. The molecule has 2 saturated heterocycles. The molecule has 8 nitrogen and oxygen atoms in total. The van der Waals surface area contributed by atoms with Crippen LogP contribution in [0.15, 0.2) is 53.1 Å². The fraction of sp³-hybridized carbons (Fsp3) is 0.500. The van der Waals surface area contributed by atoms with Crippen molar-refractivity contribution in [2.24, 2.45) is 11.8 Å². The lowest BCUT2D eigenvalue weighted by atomic mass is 9.96. The van der Waals surface area contributed by atoms with Gasteiger partial charge in [0.15, 0.2) is 0 Å². The second kappa shape index (κ2) is 12.5. The van der Waals surface area contributed by atoms with Gasteiger partial charge in [0.25, 0.3) is 0 Å². The van der Waals surface area contributed by atoms with Gasteiger partial charge >= 0.3 is 0 Å². The molecule has 5 rings (SSSR count). The zero-order valence-electron chi connectivity index (χ0n) is 22.6. The molecule has 0 spiro atoms. The normalized spacial score (nSPS) is 17.9. The average Bonchev–Trinajstić information content (AvgIpc) is 3.42. The smallest absolute Gasteiger partial charge is 0.241 e. The summed E-state index contributed by atoms with van der Waals surface area (Å²) < 4.78 is 10.7. The summed E-state index contributed by atoms with van der Waals surface area (Å²) in [6.07, 6.45) is 4.26. The third-order valence-electron chi connectivity index (χ3n) is 7.91. The number of ether oxygens (including phenoxy) is 1. The van der Waals surface area contributed by atoms with Gasteiger partial charge in [-0.15, -0.1) is 0 Å². The SMILES string of the molecule is COc1ccc(-c2noc(CN3CCC(C(=O)NCc4ccc(CN5CCC(C)CC5)cc4)CC3)n2)cc1. The number of aromatic nitrogens is 2. The molecule has 0 bridgehead atoms. The second-order valence-electron chi connectivity index (χ2n) is 10.8. The summed E-state index contributed by atoms with van der Waals surface area (Å²) in [5.41, 5.74) is 3.39. The Hall–Kier alpha value is -3.23. The van der Waals surface area contributed by atoms with Gasteiger partial charge in [0.05, 0.1) is 13.7 Å². The van der Waals surface area contributed by atoms with Crippen LogP contribution in [0, 0.1) is 11.8 Å². The lowest BCUT2D eigenvalue weighted by Gasteiger charge is -2.30. The first-order valence-electron chi connectivity index (χ1n) is 13.8. The van der Waals surface area contributed by atoms with Gasteiger partial charge in [0.1, 0.15) is 5.75 Å². The minimum atomic E-state index is 0.0459. The molecule has 1 N–H and O–H groups in total. The maximum Gasteiger partial charge on any atom is 0.241 e. The van der Waals surface area contributed by atoms with E-state index in [2.05, 4.69) is 56.4 Å². The number of benzene rings is 2. The molecule has 1 amide bonds. The summed E-state index contributed by atoms with van der Waals surface area (Å²) in [4.78, 5) is 22.2. The predicted octanol–water partition coefficient (Wildman–Crippen LogP) is 4.51. The summed E-state index contributed by atoms with van der Waals surface area (Å²) in [6.45, 7) is 8.60. The number of hydrogen-bond acceptors (Lipinski definition) is 7. The number of rotatable bonds is 9. The van der Waals surface area contributed by atoms with Crippen LogP contribution in [-0.2, 0) is 24.4 Å². The molecule has 38 heavy (non-hydrogen) atoms. The Morgan fingerprint density at radius 3 is 2.24 bits per heavy atom. The standard InChI is InChI=1S/C30H39N5O3/c1-22-11-15-34(16-12-22)20-24-5-3-23(4-6-24)19-31-30(36)26-13-17-35(18-14-26)21-28-32-29(33-38-28)25-7-9-27(37-2)10-8-25/h3-10,22,26H,11-21H2,1-2H3,(H,31,36). The van der Waals surface area contributed by atoms with Gasteiger partial charge in [-0.1, -0.05) is 36.3 Å². The van der Waals surface area contributed by atoms with Crippen molar-refractivity contribution in [3.63, 3.8) is 0 Å².